The van der Waals surface area contributed by atoms with E-state index in [0.717, 1.165) is 5.56 Å². The molecule has 0 aliphatic rings. The van der Waals surface area contributed by atoms with Crippen molar-refractivity contribution in [2.75, 3.05) is 7.11 Å². The van der Waals surface area contributed by atoms with Gasteiger partial charge < -0.3 is 9.15 Å². The maximum Gasteiger partial charge on any atom is 0.132 e. The van der Waals surface area contributed by atoms with Crippen molar-refractivity contribution in [2.24, 2.45) is 5.84 Å². The van der Waals surface area contributed by atoms with Gasteiger partial charge in [-0.3, -0.25) is 5.84 Å². The van der Waals surface area contributed by atoms with Crippen LogP contribution in [0.5, 0.6) is 5.75 Å². The molecule has 1 atom stereocenters. The van der Waals surface area contributed by atoms with Crippen molar-refractivity contribution in [3.05, 3.63) is 53.7 Å². The molecule has 0 saturated carbocycles. The highest BCUT2D eigenvalue weighted by Crippen LogP contribution is 2.31. The molecule has 1 unspecified atom stereocenters. The van der Waals surface area contributed by atoms with Crippen molar-refractivity contribution >= 4 is 0 Å². The summed E-state index contributed by atoms with van der Waals surface area (Å²) in [5.41, 5.74) is 3.65. The van der Waals surface area contributed by atoms with Crippen LogP contribution in [0.4, 0.5) is 4.39 Å². The minimum absolute atomic E-state index is 0.360. The molecule has 2 rings (SSSR count). The topological polar surface area (TPSA) is 60.4 Å². The SMILES string of the molecule is COc1cccc(F)c1C(NN)c1ccoc1. The van der Waals surface area contributed by atoms with Crippen molar-refractivity contribution in [1.29, 1.82) is 0 Å². The zero-order valence-electron chi connectivity index (χ0n) is 9.31. The number of nitrogens with two attached hydrogens (primary N) is 1. The maximum absolute atomic E-state index is 13.9. The second kappa shape index (κ2) is 4.99. The first-order valence-electron chi connectivity index (χ1n) is 5.08. The summed E-state index contributed by atoms with van der Waals surface area (Å²) in [4.78, 5) is 0. The first-order chi connectivity index (χ1) is 8.27. The molecule has 0 spiro atoms. The van der Waals surface area contributed by atoms with Crippen molar-refractivity contribution in [2.45, 2.75) is 6.04 Å². The number of halogens is 1. The molecule has 1 aromatic carbocycles. The van der Waals surface area contributed by atoms with Crippen molar-refractivity contribution < 1.29 is 13.5 Å². The molecule has 0 saturated heterocycles. The molecule has 0 aliphatic carbocycles. The number of hydrogen-bond donors (Lipinski definition) is 2. The number of hydrogen-bond acceptors (Lipinski definition) is 4. The smallest absolute Gasteiger partial charge is 0.132 e. The van der Waals surface area contributed by atoms with Gasteiger partial charge in [-0.05, 0) is 18.2 Å². The van der Waals surface area contributed by atoms with Gasteiger partial charge in [0.2, 0.25) is 0 Å². The average Bonchev–Trinajstić information content (AvgIpc) is 2.86. The second-order valence-corrected chi connectivity index (χ2v) is 3.51. The standard InChI is InChI=1S/C12H13FN2O2/c1-16-10-4-2-3-9(13)11(10)12(15-14)8-5-6-17-7-8/h2-7,12,15H,14H2,1H3. The fourth-order valence-electron chi connectivity index (χ4n) is 1.76. The fourth-order valence-corrected chi connectivity index (χ4v) is 1.76. The summed E-state index contributed by atoms with van der Waals surface area (Å²) in [6.07, 6.45) is 3.02. The molecular formula is C12H13FN2O2. The lowest BCUT2D eigenvalue weighted by Crippen LogP contribution is -2.29. The molecule has 1 heterocycles. The summed E-state index contributed by atoms with van der Waals surface area (Å²) < 4.78 is 24.0. The highest BCUT2D eigenvalue weighted by molar-refractivity contribution is 5.41. The van der Waals surface area contributed by atoms with Crippen LogP contribution in [-0.4, -0.2) is 7.11 Å². The second-order valence-electron chi connectivity index (χ2n) is 3.51. The average molecular weight is 236 g/mol. The summed E-state index contributed by atoms with van der Waals surface area (Å²) in [6.45, 7) is 0. The number of benzene rings is 1. The van der Waals surface area contributed by atoms with Crippen LogP contribution in [0, 0.1) is 5.82 Å². The molecule has 90 valence electrons. The Morgan fingerprint density at radius 1 is 1.41 bits per heavy atom. The van der Waals surface area contributed by atoms with E-state index in [1.807, 2.05) is 0 Å². The van der Waals surface area contributed by atoms with Gasteiger partial charge in [0.05, 0.1) is 31.2 Å². The Morgan fingerprint density at radius 3 is 2.82 bits per heavy atom. The summed E-state index contributed by atoms with van der Waals surface area (Å²) in [5.74, 6) is 5.53. The third-order valence-electron chi connectivity index (χ3n) is 2.56. The maximum atomic E-state index is 13.9. The van der Waals surface area contributed by atoms with E-state index in [1.54, 1.807) is 18.2 Å². The van der Waals surface area contributed by atoms with Gasteiger partial charge in [-0.25, -0.2) is 9.82 Å². The first kappa shape index (κ1) is 11.6. The van der Waals surface area contributed by atoms with Crippen LogP contribution in [0.15, 0.2) is 41.2 Å². The summed E-state index contributed by atoms with van der Waals surface area (Å²) in [5, 5.41) is 0. The highest BCUT2D eigenvalue weighted by atomic mass is 19.1. The Hall–Kier alpha value is -1.85. The van der Waals surface area contributed by atoms with Crippen molar-refractivity contribution in [3.8, 4) is 5.75 Å². The highest BCUT2D eigenvalue weighted by Gasteiger charge is 2.21. The number of nitrogens with one attached hydrogen (secondary N) is 1. The normalized spacial score (nSPS) is 12.4. The van der Waals surface area contributed by atoms with E-state index < -0.39 is 6.04 Å². The van der Waals surface area contributed by atoms with E-state index in [2.05, 4.69) is 5.43 Å². The molecule has 5 heteroatoms. The predicted molar refractivity (Wildman–Crippen MR) is 60.8 cm³/mol. The Kier molecular flexibility index (Phi) is 3.41. The molecule has 0 fully saturated rings. The van der Waals surface area contributed by atoms with Crippen molar-refractivity contribution in [1.82, 2.24) is 5.43 Å². The Balaban J connectivity index is 2.50. The Morgan fingerprint density at radius 2 is 2.24 bits per heavy atom. The number of methoxy groups -OCH3 is 1. The van der Waals surface area contributed by atoms with Crippen LogP contribution < -0.4 is 16.0 Å². The lowest BCUT2D eigenvalue weighted by Gasteiger charge is -2.18. The summed E-state index contributed by atoms with van der Waals surface area (Å²) >= 11 is 0. The Bertz CT molecular complexity index is 485. The van der Waals surface area contributed by atoms with Gasteiger partial charge in [0.25, 0.3) is 0 Å². The predicted octanol–water partition coefficient (Wildman–Crippen LogP) is 1.98. The fraction of sp³-hybridized carbons (Fsp3) is 0.167. The van der Waals surface area contributed by atoms with Crippen LogP contribution in [0.3, 0.4) is 0 Å². The molecule has 0 aliphatic heterocycles. The van der Waals surface area contributed by atoms with E-state index in [4.69, 9.17) is 15.0 Å². The zero-order chi connectivity index (χ0) is 12.3. The lowest BCUT2D eigenvalue weighted by atomic mass is 10.0. The van der Waals surface area contributed by atoms with E-state index in [1.165, 1.54) is 25.7 Å². The first-order valence-corrected chi connectivity index (χ1v) is 5.08. The Labute approximate surface area is 98.2 Å². The number of rotatable bonds is 4. The molecule has 0 amide bonds. The minimum atomic E-state index is -0.509. The van der Waals surface area contributed by atoms with E-state index >= 15 is 0 Å². The van der Waals surface area contributed by atoms with E-state index in [9.17, 15) is 4.39 Å². The number of furan rings is 1. The third kappa shape index (κ3) is 2.15. The molecule has 2 aromatic rings. The van der Waals surface area contributed by atoms with Crippen LogP contribution in [0.2, 0.25) is 0 Å². The van der Waals surface area contributed by atoms with Gasteiger partial charge in [-0.1, -0.05) is 6.07 Å². The van der Waals surface area contributed by atoms with Crippen LogP contribution in [0.1, 0.15) is 17.2 Å². The minimum Gasteiger partial charge on any atom is -0.496 e. The van der Waals surface area contributed by atoms with Gasteiger partial charge in [-0.15, -0.1) is 0 Å². The molecule has 17 heavy (non-hydrogen) atoms. The lowest BCUT2D eigenvalue weighted by molar-refractivity contribution is 0.397. The molecule has 4 nitrogen and oxygen atoms in total. The van der Waals surface area contributed by atoms with Crippen LogP contribution in [-0.2, 0) is 0 Å². The van der Waals surface area contributed by atoms with Gasteiger partial charge in [-0.2, -0.15) is 0 Å². The molecule has 3 N–H and O–H groups in total. The van der Waals surface area contributed by atoms with Gasteiger partial charge in [0.15, 0.2) is 0 Å². The molecule has 0 radical (unpaired) electrons. The van der Waals surface area contributed by atoms with E-state index in [-0.39, 0.29) is 5.82 Å². The number of hydrazine groups is 1. The van der Waals surface area contributed by atoms with E-state index in [0.29, 0.717) is 11.3 Å². The van der Waals surface area contributed by atoms with Crippen LogP contribution >= 0.6 is 0 Å². The van der Waals surface area contributed by atoms with Gasteiger partial charge >= 0.3 is 0 Å². The van der Waals surface area contributed by atoms with Crippen LogP contribution in [0.25, 0.3) is 0 Å². The molecule has 0 bridgehead atoms. The summed E-state index contributed by atoms with van der Waals surface area (Å²) in [7, 11) is 1.49. The number of ether oxygens (including phenoxy) is 1. The largest absolute Gasteiger partial charge is 0.496 e. The zero-order valence-corrected chi connectivity index (χ0v) is 9.31. The molecular weight excluding hydrogens is 223 g/mol. The van der Waals surface area contributed by atoms with Gasteiger partial charge in [0, 0.05) is 5.56 Å². The monoisotopic (exact) mass is 236 g/mol. The summed E-state index contributed by atoms with van der Waals surface area (Å²) in [6, 6.07) is 5.84. The third-order valence-corrected chi connectivity index (χ3v) is 2.56. The quantitative estimate of drug-likeness (QED) is 0.629. The van der Waals surface area contributed by atoms with Crippen molar-refractivity contribution in [3.63, 3.8) is 0 Å². The van der Waals surface area contributed by atoms with Gasteiger partial charge in [0.1, 0.15) is 11.6 Å². The molecule has 1 aromatic heterocycles.